The van der Waals surface area contributed by atoms with Gasteiger partial charge in [-0.3, -0.25) is 0 Å². The minimum Gasteiger partial charge on any atom is -0.477 e. The summed E-state index contributed by atoms with van der Waals surface area (Å²) in [4.78, 5) is 7.83. The molecule has 1 heterocycles. The number of hydrogen-bond donors (Lipinski definition) is 1. The smallest absolute Gasteiger partial charge is 0.392 e. The summed E-state index contributed by atoms with van der Waals surface area (Å²) >= 11 is 0. The quantitative estimate of drug-likeness (QED) is 0.841. The predicted octanol–water partition coefficient (Wildman–Crippen LogP) is 2.63. The molecule has 0 unspecified atom stereocenters. The molecule has 17 heavy (non-hydrogen) atoms. The topological polar surface area (TPSA) is 47.0 Å². The third-order valence-electron chi connectivity index (χ3n) is 1.80. The van der Waals surface area contributed by atoms with Gasteiger partial charge in [0.2, 0.25) is 11.8 Å². The molecule has 0 fully saturated rings. The van der Waals surface area contributed by atoms with Crippen LogP contribution < -0.4 is 10.1 Å². The molecule has 0 amide bonds. The molecule has 4 nitrogen and oxygen atoms in total. The van der Waals surface area contributed by atoms with Crippen LogP contribution in [-0.2, 0) is 0 Å². The van der Waals surface area contributed by atoms with Gasteiger partial charge in [-0.05, 0) is 6.42 Å². The molecule has 0 aliphatic heterocycles. The van der Waals surface area contributed by atoms with Crippen molar-refractivity contribution in [2.45, 2.75) is 25.9 Å². The van der Waals surface area contributed by atoms with E-state index in [4.69, 9.17) is 4.74 Å². The molecule has 1 N–H and O–H groups in total. The van der Waals surface area contributed by atoms with E-state index >= 15 is 0 Å². The van der Waals surface area contributed by atoms with Crippen LogP contribution in [0.5, 0.6) is 5.88 Å². The number of alkyl halides is 3. The molecule has 96 valence electrons. The van der Waals surface area contributed by atoms with Crippen LogP contribution in [0.2, 0.25) is 0 Å². The van der Waals surface area contributed by atoms with Gasteiger partial charge in [-0.25, -0.2) is 4.98 Å². The van der Waals surface area contributed by atoms with Crippen molar-refractivity contribution in [3.8, 4) is 5.88 Å². The summed E-state index contributed by atoms with van der Waals surface area (Å²) in [6, 6.07) is 1.42. The number of ether oxygens (including phenoxy) is 1. The van der Waals surface area contributed by atoms with E-state index in [1.807, 2.05) is 6.92 Å². The Bertz CT molecular complexity index is 344. The molecule has 0 atom stereocenters. The average Bonchev–Trinajstić information content (AvgIpc) is 2.25. The Labute approximate surface area is 97.2 Å². The van der Waals surface area contributed by atoms with Gasteiger partial charge < -0.3 is 10.1 Å². The normalized spacial score (nSPS) is 11.3. The Hall–Kier alpha value is -1.53. The van der Waals surface area contributed by atoms with E-state index in [0.29, 0.717) is 12.5 Å². The van der Waals surface area contributed by atoms with Crippen LogP contribution in [0.1, 0.15) is 19.8 Å². The summed E-state index contributed by atoms with van der Waals surface area (Å²) < 4.78 is 40.5. The lowest BCUT2D eigenvalue weighted by Gasteiger charge is -2.08. The number of nitrogens with zero attached hydrogens (tertiary/aromatic N) is 2. The predicted molar refractivity (Wildman–Crippen MR) is 57.0 cm³/mol. The maximum atomic E-state index is 11.9. The van der Waals surface area contributed by atoms with Crippen molar-refractivity contribution >= 4 is 5.95 Å². The highest BCUT2D eigenvalue weighted by Crippen LogP contribution is 2.19. The van der Waals surface area contributed by atoms with Crippen LogP contribution in [0.3, 0.4) is 0 Å². The van der Waals surface area contributed by atoms with Gasteiger partial charge >= 0.3 is 6.18 Å². The lowest BCUT2D eigenvalue weighted by Crippen LogP contribution is -2.13. The first kappa shape index (κ1) is 13.5. The Morgan fingerprint density at radius 2 is 2.18 bits per heavy atom. The van der Waals surface area contributed by atoms with Crippen molar-refractivity contribution in [3.05, 3.63) is 12.3 Å². The first-order valence-electron chi connectivity index (χ1n) is 5.27. The Morgan fingerprint density at radius 3 is 2.82 bits per heavy atom. The molecule has 0 aliphatic carbocycles. The average molecular weight is 249 g/mol. The second-order valence-corrected chi connectivity index (χ2v) is 3.36. The van der Waals surface area contributed by atoms with E-state index in [9.17, 15) is 13.2 Å². The van der Waals surface area contributed by atoms with E-state index in [2.05, 4.69) is 15.3 Å². The Balaban J connectivity index is 2.43. The number of anilines is 1. The van der Waals surface area contributed by atoms with Gasteiger partial charge in [-0.1, -0.05) is 6.92 Å². The summed E-state index contributed by atoms with van der Waals surface area (Å²) in [6.07, 6.45) is -2.86. The van der Waals surface area contributed by atoms with Crippen molar-refractivity contribution in [2.24, 2.45) is 0 Å². The Morgan fingerprint density at radius 1 is 1.41 bits per heavy atom. The number of rotatable bonds is 6. The van der Waals surface area contributed by atoms with Crippen molar-refractivity contribution in [1.82, 2.24) is 9.97 Å². The van der Waals surface area contributed by atoms with Crippen LogP contribution in [0.25, 0.3) is 0 Å². The van der Waals surface area contributed by atoms with Crippen molar-refractivity contribution < 1.29 is 17.9 Å². The summed E-state index contributed by atoms with van der Waals surface area (Å²) in [5.41, 5.74) is 0. The van der Waals surface area contributed by atoms with Crippen molar-refractivity contribution in [2.75, 3.05) is 18.5 Å². The van der Waals surface area contributed by atoms with Gasteiger partial charge in [-0.15, -0.1) is 0 Å². The van der Waals surface area contributed by atoms with Gasteiger partial charge in [-0.2, -0.15) is 18.2 Å². The standard InChI is InChI=1S/C10H14F3N3O/c1-2-5-14-9-15-6-3-8(16-9)17-7-4-10(11,12)13/h3,6H,2,4-5,7H2,1H3,(H,14,15,16). The maximum absolute atomic E-state index is 11.9. The largest absolute Gasteiger partial charge is 0.477 e. The molecule has 0 saturated heterocycles. The lowest BCUT2D eigenvalue weighted by molar-refractivity contribution is -0.139. The van der Waals surface area contributed by atoms with Gasteiger partial charge in [0.25, 0.3) is 0 Å². The minimum absolute atomic E-state index is 0.142. The van der Waals surface area contributed by atoms with Crippen LogP contribution in [0.15, 0.2) is 12.3 Å². The van der Waals surface area contributed by atoms with Crippen LogP contribution in [0, 0.1) is 0 Å². The number of aromatic nitrogens is 2. The molecule has 1 aromatic heterocycles. The summed E-state index contributed by atoms with van der Waals surface area (Å²) in [6.45, 7) is 2.25. The molecular weight excluding hydrogens is 235 g/mol. The van der Waals surface area contributed by atoms with E-state index < -0.39 is 19.2 Å². The molecule has 1 rings (SSSR count). The second-order valence-electron chi connectivity index (χ2n) is 3.36. The summed E-state index contributed by atoms with van der Waals surface area (Å²) in [5.74, 6) is 0.499. The third-order valence-corrected chi connectivity index (χ3v) is 1.80. The minimum atomic E-state index is -4.21. The summed E-state index contributed by atoms with van der Waals surface area (Å²) in [5, 5.41) is 2.92. The third kappa shape index (κ3) is 5.94. The fraction of sp³-hybridized carbons (Fsp3) is 0.600. The van der Waals surface area contributed by atoms with Crippen LogP contribution >= 0.6 is 0 Å². The highest BCUT2D eigenvalue weighted by atomic mass is 19.4. The SMILES string of the molecule is CCCNc1nccc(OCCC(F)(F)F)n1. The molecule has 0 aliphatic rings. The van der Waals surface area contributed by atoms with Gasteiger partial charge in [0, 0.05) is 18.8 Å². The van der Waals surface area contributed by atoms with Gasteiger partial charge in [0.1, 0.15) is 0 Å². The Kier molecular flexibility index (Phi) is 4.99. The fourth-order valence-electron chi connectivity index (χ4n) is 1.02. The lowest BCUT2D eigenvalue weighted by atomic mass is 10.4. The van der Waals surface area contributed by atoms with Crippen molar-refractivity contribution in [3.63, 3.8) is 0 Å². The highest BCUT2D eigenvalue weighted by molar-refractivity contribution is 5.27. The zero-order valence-corrected chi connectivity index (χ0v) is 9.42. The molecule has 0 radical (unpaired) electrons. The highest BCUT2D eigenvalue weighted by Gasteiger charge is 2.26. The molecule has 7 heteroatoms. The van der Waals surface area contributed by atoms with E-state index in [1.165, 1.54) is 12.3 Å². The molecule has 1 aromatic rings. The molecule has 0 bridgehead atoms. The summed E-state index contributed by atoms with van der Waals surface area (Å²) in [7, 11) is 0. The zero-order chi connectivity index (χ0) is 12.7. The van der Waals surface area contributed by atoms with Gasteiger partial charge in [0.05, 0.1) is 13.0 Å². The van der Waals surface area contributed by atoms with Crippen LogP contribution in [0.4, 0.5) is 19.1 Å². The molecule has 0 spiro atoms. The maximum Gasteiger partial charge on any atom is 0.392 e. The number of nitrogens with one attached hydrogen (secondary N) is 1. The van der Waals surface area contributed by atoms with Crippen molar-refractivity contribution in [1.29, 1.82) is 0 Å². The van der Waals surface area contributed by atoms with Gasteiger partial charge in [0.15, 0.2) is 0 Å². The first-order valence-corrected chi connectivity index (χ1v) is 5.27. The number of halogens is 3. The van der Waals surface area contributed by atoms with E-state index in [1.54, 1.807) is 0 Å². The zero-order valence-electron chi connectivity index (χ0n) is 9.42. The fourth-order valence-corrected chi connectivity index (χ4v) is 1.02. The van der Waals surface area contributed by atoms with E-state index in [0.717, 1.165) is 6.42 Å². The second kappa shape index (κ2) is 6.27. The first-order chi connectivity index (χ1) is 8.01. The number of hydrogen-bond acceptors (Lipinski definition) is 4. The van der Waals surface area contributed by atoms with Crippen LogP contribution in [-0.4, -0.2) is 29.3 Å². The van der Waals surface area contributed by atoms with E-state index in [-0.39, 0.29) is 5.88 Å². The molecule has 0 saturated carbocycles. The molecule has 0 aromatic carbocycles. The molecular formula is C10H14F3N3O. The monoisotopic (exact) mass is 249 g/mol.